The number of carboxylic acids is 1. The molecule has 0 bridgehead atoms. The number of pyridine rings is 1. The SMILES string of the molecule is Cc1ccc2nc(-c3cccc4ccccc34)cc(C(=O)[O-])c2c1. The number of carbonyl (C=O) groups excluding carboxylic acids is 1. The predicted molar refractivity (Wildman–Crippen MR) is 93.8 cm³/mol. The molecule has 0 aliphatic heterocycles. The zero-order valence-electron chi connectivity index (χ0n) is 13.1. The van der Waals surface area contributed by atoms with Crippen molar-refractivity contribution in [1.29, 1.82) is 0 Å². The Kier molecular flexibility index (Phi) is 3.28. The molecule has 1 aromatic heterocycles. The summed E-state index contributed by atoms with van der Waals surface area (Å²) < 4.78 is 0. The van der Waals surface area contributed by atoms with Crippen LogP contribution in [0.5, 0.6) is 0 Å². The third-order valence-electron chi connectivity index (χ3n) is 4.25. The molecule has 3 aromatic carbocycles. The Morgan fingerprint density at radius 2 is 1.71 bits per heavy atom. The van der Waals surface area contributed by atoms with E-state index in [1.165, 1.54) is 0 Å². The molecule has 0 fully saturated rings. The summed E-state index contributed by atoms with van der Waals surface area (Å²) in [5.74, 6) is -1.19. The number of nitrogens with zero attached hydrogens (tertiary/aromatic N) is 1. The molecule has 24 heavy (non-hydrogen) atoms. The summed E-state index contributed by atoms with van der Waals surface area (Å²) in [7, 11) is 0. The minimum absolute atomic E-state index is 0.173. The number of aromatic carboxylic acids is 1. The van der Waals surface area contributed by atoms with Crippen molar-refractivity contribution in [3.8, 4) is 11.3 Å². The largest absolute Gasteiger partial charge is 0.545 e. The van der Waals surface area contributed by atoms with Gasteiger partial charge < -0.3 is 9.90 Å². The summed E-state index contributed by atoms with van der Waals surface area (Å²) in [6, 6.07) is 21.2. The van der Waals surface area contributed by atoms with Gasteiger partial charge in [-0.15, -0.1) is 0 Å². The summed E-state index contributed by atoms with van der Waals surface area (Å²) in [5, 5.41) is 14.4. The predicted octanol–water partition coefficient (Wildman–Crippen LogP) is 3.73. The van der Waals surface area contributed by atoms with E-state index in [4.69, 9.17) is 0 Å². The number of aromatic nitrogens is 1. The van der Waals surface area contributed by atoms with Crippen LogP contribution in [-0.4, -0.2) is 11.0 Å². The lowest BCUT2D eigenvalue weighted by molar-refractivity contribution is -0.254. The first-order valence-electron chi connectivity index (χ1n) is 7.74. The number of aryl methyl sites for hydroxylation is 1. The van der Waals surface area contributed by atoms with Gasteiger partial charge in [-0.25, -0.2) is 4.98 Å². The van der Waals surface area contributed by atoms with Gasteiger partial charge in [-0.2, -0.15) is 0 Å². The molecule has 0 spiro atoms. The Labute approximate surface area is 139 Å². The van der Waals surface area contributed by atoms with Gasteiger partial charge in [0.05, 0.1) is 17.2 Å². The van der Waals surface area contributed by atoms with Crippen molar-refractivity contribution >= 4 is 27.6 Å². The van der Waals surface area contributed by atoms with Crippen molar-refractivity contribution in [3.63, 3.8) is 0 Å². The fourth-order valence-corrected chi connectivity index (χ4v) is 3.10. The maximum atomic E-state index is 11.6. The zero-order chi connectivity index (χ0) is 16.7. The minimum atomic E-state index is -1.19. The average molecular weight is 312 g/mol. The van der Waals surface area contributed by atoms with E-state index >= 15 is 0 Å². The highest BCUT2D eigenvalue weighted by molar-refractivity contribution is 6.04. The monoisotopic (exact) mass is 312 g/mol. The van der Waals surface area contributed by atoms with Crippen LogP contribution in [0.3, 0.4) is 0 Å². The first kappa shape index (κ1) is 14.4. The first-order chi connectivity index (χ1) is 11.6. The lowest BCUT2D eigenvalue weighted by Crippen LogP contribution is -2.22. The molecule has 1 heterocycles. The molecule has 0 radical (unpaired) electrons. The molecule has 0 saturated carbocycles. The maximum absolute atomic E-state index is 11.6. The third kappa shape index (κ3) is 2.31. The molecule has 3 heteroatoms. The van der Waals surface area contributed by atoms with Crippen LogP contribution in [0.1, 0.15) is 15.9 Å². The lowest BCUT2D eigenvalue weighted by Gasteiger charge is -2.12. The van der Waals surface area contributed by atoms with Crippen LogP contribution in [0.2, 0.25) is 0 Å². The smallest absolute Gasteiger partial charge is 0.0722 e. The molecule has 0 atom stereocenters. The van der Waals surface area contributed by atoms with E-state index < -0.39 is 5.97 Å². The number of carbonyl (C=O) groups is 1. The van der Waals surface area contributed by atoms with E-state index in [2.05, 4.69) is 4.98 Å². The number of hydrogen-bond acceptors (Lipinski definition) is 3. The molecule has 4 aromatic rings. The Bertz CT molecular complexity index is 1090. The Morgan fingerprint density at radius 1 is 0.917 bits per heavy atom. The highest BCUT2D eigenvalue weighted by Crippen LogP contribution is 2.30. The van der Waals surface area contributed by atoms with Crippen LogP contribution in [0.15, 0.2) is 66.7 Å². The summed E-state index contributed by atoms with van der Waals surface area (Å²) in [6.45, 7) is 1.93. The van der Waals surface area contributed by atoms with Gasteiger partial charge in [-0.05, 0) is 35.9 Å². The molecule has 0 unspecified atom stereocenters. The second-order valence-electron chi connectivity index (χ2n) is 5.89. The van der Waals surface area contributed by atoms with Gasteiger partial charge in [0.1, 0.15) is 0 Å². The van der Waals surface area contributed by atoms with Crippen LogP contribution >= 0.6 is 0 Å². The first-order valence-corrected chi connectivity index (χ1v) is 7.74. The quantitative estimate of drug-likeness (QED) is 0.567. The van der Waals surface area contributed by atoms with Gasteiger partial charge in [0.25, 0.3) is 0 Å². The highest BCUT2D eigenvalue weighted by atomic mass is 16.4. The summed E-state index contributed by atoms with van der Waals surface area (Å²) in [6.07, 6.45) is 0. The van der Waals surface area contributed by atoms with Crippen LogP contribution < -0.4 is 5.11 Å². The van der Waals surface area contributed by atoms with Crippen LogP contribution in [0.25, 0.3) is 32.9 Å². The second-order valence-corrected chi connectivity index (χ2v) is 5.89. The molecular formula is C21H14NO2-. The second kappa shape index (κ2) is 5.46. The Hall–Kier alpha value is -3.20. The molecule has 3 nitrogen and oxygen atoms in total. The van der Waals surface area contributed by atoms with E-state index in [9.17, 15) is 9.90 Å². The van der Waals surface area contributed by atoms with Gasteiger partial charge in [0, 0.05) is 16.5 Å². The zero-order valence-corrected chi connectivity index (χ0v) is 13.1. The van der Waals surface area contributed by atoms with Gasteiger partial charge >= 0.3 is 0 Å². The average Bonchev–Trinajstić information content (AvgIpc) is 2.60. The van der Waals surface area contributed by atoms with E-state index in [0.29, 0.717) is 16.6 Å². The molecule has 0 aliphatic rings. The molecule has 0 amide bonds. The number of benzene rings is 3. The highest BCUT2D eigenvalue weighted by Gasteiger charge is 2.11. The van der Waals surface area contributed by atoms with E-state index in [1.54, 1.807) is 6.07 Å². The van der Waals surface area contributed by atoms with Crippen molar-refractivity contribution in [3.05, 3.63) is 77.9 Å². The van der Waals surface area contributed by atoms with Crippen LogP contribution in [0.4, 0.5) is 0 Å². The van der Waals surface area contributed by atoms with Crippen LogP contribution in [-0.2, 0) is 0 Å². The van der Waals surface area contributed by atoms with E-state index in [0.717, 1.165) is 21.9 Å². The summed E-state index contributed by atoms with van der Waals surface area (Å²) in [4.78, 5) is 16.3. The van der Waals surface area contributed by atoms with E-state index in [1.807, 2.05) is 67.6 Å². The maximum Gasteiger partial charge on any atom is 0.0722 e. The van der Waals surface area contributed by atoms with Crippen molar-refractivity contribution in [2.45, 2.75) is 6.92 Å². The third-order valence-corrected chi connectivity index (χ3v) is 4.25. The standard InChI is InChI=1S/C21H15NO2/c1-13-9-10-19-17(11-13)18(21(23)24)12-20(22-19)16-8-4-6-14-5-2-3-7-15(14)16/h2-12H,1H3,(H,23,24)/p-1. The normalized spacial score (nSPS) is 11.0. The van der Waals surface area contributed by atoms with Gasteiger partial charge in [0.2, 0.25) is 0 Å². The lowest BCUT2D eigenvalue weighted by atomic mass is 9.98. The number of fused-ring (bicyclic) bond motifs is 2. The van der Waals surface area contributed by atoms with Crippen molar-refractivity contribution in [2.75, 3.05) is 0 Å². The van der Waals surface area contributed by atoms with Crippen molar-refractivity contribution < 1.29 is 9.90 Å². The molecule has 4 rings (SSSR count). The minimum Gasteiger partial charge on any atom is -0.545 e. The number of rotatable bonds is 2. The van der Waals surface area contributed by atoms with E-state index in [-0.39, 0.29) is 5.56 Å². The van der Waals surface area contributed by atoms with Crippen molar-refractivity contribution in [2.24, 2.45) is 0 Å². The van der Waals surface area contributed by atoms with Gasteiger partial charge in [0.15, 0.2) is 0 Å². The van der Waals surface area contributed by atoms with Crippen LogP contribution in [0, 0.1) is 6.92 Å². The Balaban J connectivity index is 2.07. The number of carboxylic acid groups (broad SMARTS) is 1. The van der Waals surface area contributed by atoms with Gasteiger partial charge in [-0.3, -0.25) is 0 Å². The fraction of sp³-hybridized carbons (Fsp3) is 0.0476. The molecular weight excluding hydrogens is 298 g/mol. The molecule has 0 N–H and O–H groups in total. The summed E-state index contributed by atoms with van der Waals surface area (Å²) in [5.41, 5.74) is 3.38. The molecule has 0 aliphatic carbocycles. The van der Waals surface area contributed by atoms with Crippen molar-refractivity contribution in [1.82, 2.24) is 4.98 Å². The molecule has 0 saturated heterocycles. The fourth-order valence-electron chi connectivity index (χ4n) is 3.10. The Morgan fingerprint density at radius 3 is 2.54 bits per heavy atom. The van der Waals surface area contributed by atoms with Gasteiger partial charge in [-0.1, -0.05) is 54.1 Å². The topological polar surface area (TPSA) is 53.0 Å². The molecule has 116 valence electrons. The number of hydrogen-bond donors (Lipinski definition) is 0. The summed E-state index contributed by atoms with van der Waals surface area (Å²) >= 11 is 0.